The van der Waals surface area contributed by atoms with Gasteiger partial charge in [-0.2, -0.15) is 24.9 Å². The lowest BCUT2D eigenvalue weighted by Crippen LogP contribution is -2.58. The summed E-state index contributed by atoms with van der Waals surface area (Å²) >= 11 is 1.75. The second-order valence-corrected chi connectivity index (χ2v) is 8.63. The Bertz CT molecular complexity index is 706. The third-order valence-electron chi connectivity index (χ3n) is 4.73. The van der Waals surface area contributed by atoms with Gasteiger partial charge in [-0.1, -0.05) is 19.1 Å². The van der Waals surface area contributed by atoms with Gasteiger partial charge in [-0.3, -0.25) is 0 Å². The molecule has 1 aromatic carbocycles. The number of ether oxygens (including phenoxy) is 1. The van der Waals surface area contributed by atoms with Crippen molar-refractivity contribution in [1.29, 1.82) is 0 Å². The van der Waals surface area contributed by atoms with Crippen LogP contribution in [0.15, 0.2) is 23.2 Å². The van der Waals surface area contributed by atoms with Gasteiger partial charge in [0.2, 0.25) is 0 Å². The number of rotatable bonds is 9. The van der Waals surface area contributed by atoms with Crippen LogP contribution in [0.1, 0.15) is 37.8 Å². The summed E-state index contributed by atoms with van der Waals surface area (Å²) < 4.78 is 42.6. The van der Waals surface area contributed by atoms with Crippen molar-refractivity contribution in [1.82, 2.24) is 10.6 Å². The van der Waals surface area contributed by atoms with E-state index in [1.165, 1.54) is 0 Å². The van der Waals surface area contributed by atoms with Crippen LogP contribution in [0, 0.1) is 6.92 Å². The number of aryl methyl sites for hydroxylation is 1. The van der Waals surface area contributed by atoms with Gasteiger partial charge in [-0.25, -0.2) is 4.99 Å². The molecule has 5 nitrogen and oxygen atoms in total. The molecule has 0 aliphatic heterocycles. The number of aliphatic imine (C=N–C) groups is 1. The van der Waals surface area contributed by atoms with Crippen molar-refractivity contribution < 1.29 is 23.0 Å². The van der Waals surface area contributed by atoms with E-state index in [1.54, 1.807) is 30.8 Å². The van der Waals surface area contributed by atoms with Crippen molar-refractivity contribution in [3.8, 4) is 5.75 Å². The predicted molar refractivity (Wildman–Crippen MR) is 127 cm³/mol. The summed E-state index contributed by atoms with van der Waals surface area (Å²) in [6, 6.07) is 5.12. The molecular weight excluding hydrogens is 530 g/mol. The second-order valence-electron chi connectivity index (χ2n) is 7.15. The normalized spacial score (nSPS) is 21.4. The maximum Gasteiger partial charge on any atom is 0.422 e. The lowest BCUT2D eigenvalue weighted by Gasteiger charge is -2.45. The highest BCUT2D eigenvalue weighted by atomic mass is 127. The molecule has 1 fully saturated rings. The molecule has 30 heavy (non-hydrogen) atoms. The van der Waals surface area contributed by atoms with E-state index >= 15 is 0 Å². The van der Waals surface area contributed by atoms with Gasteiger partial charge in [0.1, 0.15) is 5.75 Å². The second kappa shape index (κ2) is 12.2. The molecular formula is C20H31F3IN3O2S. The topological polar surface area (TPSA) is 65.9 Å². The largest absolute Gasteiger partial charge is 0.484 e. The van der Waals surface area contributed by atoms with Gasteiger partial charge >= 0.3 is 6.18 Å². The Morgan fingerprint density at radius 3 is 2.63 bits per heavy atom. The first-order valence-electron chi connectivity index (χ1n) is 9.82. The molecule has 0 aromatic heterocycles. The predicted octanol–water partition coefficient (Wildman–Crippen LogP) is 4.26. The standard InChI is InChI=1S/C20H30F3N3O2S.HI/c1-4-24-18(26-12-19(27)9-8-17(19)29-5-2)25-11-15-7-6-14(3)10-16(15)28-13-20(21,22)23;/h6-7,10,17,27H,4-5,8-9,11-13H2,1-3H3,(H2,24,25,26);1H. The summed E-state index contributed by atoms with van der Waals surface area (Å²) in [6.45, 7) is 5.62. The number of alkyl halides is 3. The van der Waals surface area contributed by atoms with Gasteiger partial charge in [0, 0.05) is 23.9 Å². The lowest BCUT2D eigenvalue weighted by molar-refractivity contribution is -0.153. The zero-order valence-electron chi connectivity index (χ0n) is 17.5. The van der Waals surface area contributed by atoms with E-state index in [0.717, 1.165) is 24.2 Å². The van der Waals surface area contributed by atoms with Gasteiger partial charge in [-0.05, 0) is 44.1 Å². The molecule has 0 radical (unpaired) electrons. The van der Waals surface area contributed by atoms with Crippen LogP contribution in [0.5, 0.6) is 5.75 Å². The van der Waals surface area contributed by atoms with E-state index in [-0.39, 0.29) is 41.5 Å². The fourth-order valence-electron chi connectivity index (χ4n) is 3.07. The number of guanidine groups is 1. The summed E-state index contributed by atoms with van der Waals surface area (Å²) in [5.74, 6) is 1.64. The van der Waals surface area contributed by atoms with E-state index < -0.39 is 18.4 Å². The summed E-state index contributed by atoms with van der Waals surface area (Å²) in [6.07, 6.45) is -2.66. The van der Waals surface area contributed by atoms with Crippen LogP contribution in [0.4, 0.5) is 13.2 Å². The minimum Gasteiger partial charge on any atom is -0.484 e. The van der Waals surface area contributed by atoms with Crippen molar-refractivity contribution in [3.05, 3.63) is 29.3 Å². The number of benzene rings is 1. The smallest absolute Gasteiger partial charge is 0.422 e. The Kier molecular flexibility index (Phi) is 11.1. The van der Waals surface area contributed by atoms with Crippen LogP contribution >= 0.6 is 35.7 Å². The zero-order chi connectivity index (χ0) is 21.5. The number of nitrogens with zero attached hydrogens (tertiary/aromatic N) is 1. The Balaban J connectivity index is 0.00000450. The molecule has 2 atom stereocenters. The van der Waals surface area contributed by atoms with E-state index in [2.05, 4.69) is 22.5 Å². The van der Waals surface area contributed by atoms with Gasteiger partial charge < -0.3 is 20.5 Å². The molecule has 2 rings (SSSR count). The Morgan fingerprint density at radius 2 is 2.07 bits per heavy atom. The number of thioether (sulfide) groups is 1. The van der Waals surface area contributed by atoms with Crippen LogP contribution in [-0.4, -0.2) is 53.5 Å². The first kappa shape index (κ1) is 27.2. The van der Waals surface area contributed by atoms with E-state index in [0.29, 0.717) is 24.6 Å². The van der Waals surface area contributed by atoms with E-state index in [1.807, 2.05) is 13.0 Å². The molecule has 172 valence electrons. The highest BCUT2D eigenvalue weighted by Crippen LogP contribution is 2.40. The Hall–Kier alpha value is -0.880. The molecule has 1 aliphatic rings. The highest BCUT2D eigenvalue weighted by molar-refractivity contribution is 14.0. The first-order chi connectivity index (χ1) is 13.7. The molecule has 0 amide bonds. The first-order valence-corrected chi connectivity index (χ1v) is 10.9. The minimum absolute atomic E-state index is 0. The highest BCUT2D eigenvalue weighted by Gasteiger charge is 2.45. The zero-order valence-corrected chi connectivity index (χ0v) is 20.7. The third-order valence-corrected chi connectivity index (χ3v) is 6.14. The molecule has 0 bridgehead atoms. The fourth-order valence-corrected chi connectivity index (χ4v) is 4.26. The number of aliphatic hydroxyl groups is 1. The maximum atomic E-state index is 12.5. The van der Waals surface area contributed by atoms with Crippen molar-refractivity contribution in [2.45, 2.75) is 57.2 Å². The van der Waals surface area contributed by atoms with Crippen LogP contribution in [0.2, 0.25) is 0 Å². The van der Waals surface area contributed by atoms with E-state index in [9.17, 15) is 18.3 Å². The minimum atomic E-state index is -4.40. The number of hydrogen-bond donors (Lipinski definition) is 3. The van der Waals surface area contributed by atoms with E-state index in [4.69, 9.17) is 4.74 Å². The monoisotopic (exact) mass is 561 g/mol. The maximum absolute atomic E-state index is 12.5. The lowest BCUT2D eigenvalue weighted by atomic mass is 9.79. The summed E-state index contributed by atoms with van der Waals surface area (Å²) in [4.78, 5) is 4.47. The molecule has 1 saturated carbocycles. The van der Waals surface area contributed by atoms with Gasteiger partial charge in [-0.15, -0.1) is 24.0 Å². The molecule has 0 spiro atoms. The molecule has 10 heteroatoms. The molecule has 1 aliphatic carbocycles. The molecule has 0 heterocycles. The van der Waals surface area contributed by atoms with Gasteiger partial charge in [0.25, 0.3) is 0 Å². The number of hydrogen-bond acceptors (Lipinski definition) is 4. The molecule has 3 N–H and O–H groups in total. The van der Waals surface area contributed by atoms with Crippen LogP contribution in [0.25, 0.3) is 0 Å². The number of halogens is 4. The van der Waals surface area contributed by atoms with Crippen molar-refractivity contribution in [3.63, 3.8) is 0 Å². The third kappa shape index (κ3) is 8.33. The van der Waals surface area contributed by atoms with Crippen molar-refractivity contribution in [2.24, 2.45) is 4.99 Å². The summed E-state index contributed by atoms with van der Waals surface area (Å²) in [5.41, 5.74) is 0.618. The summed E-state index contributed by atoms with van der Waals surface area (Å²) in [5, 5.41) is 17.2. The fraction of sp³-hybridized carbons (Fsp3) is 0.650. The van der Waals surface area contributed by atoms with Crippen LogP contribution in [-0.2, 0) is 6.54 Å². The number of nitrogens with one attached hydrogen (secondary N) is 2. The average molecular weight is 561 g/mol. The summed E-state index contributed by atoms with van der Waals surface area (Å²) in [7, 11) is 0. The van der Waals surface area contributed by atoms with Gasteiger partial charge in [0.05, 0.1) is 12.1 Å². The Labute approximate surface area is 197 Å². The average Bonchev–Trinajstić information content (AvgIpc) is 2.65. The molecule has 1 aromatic rings. The quantitative estimate of drug-likeness (QED) is 0.239. The molecule has 2 unspecified atom stereocenters. The molecule has 0 saturated heterocycles. The van der Waals surface area contributed by atoms with Crippen molar-refractivity contribution in [2.75, 3.05) is 25.4 Å². The van der Waals surface area contributed by atoms with Gasteiger partial charge in [0.15, 0.2) is 12.6 Å². The Morgan fingerprint density at radius 1 is 1.33 bits per heavy atom. The van der Waals surface area contributed by atoms with Crippen LogP contribution < -0.4 is 15.4 Å². The van der Waals surface area contributed by atoms with Crippen molar-refractivity contribution >= 4 is 41.7 Å². The SMILES string of the molecule is CCNC(=NCc1ccc(C)cc1OCC(F)(F)F)NCC1(O)CCC1SCC.I. The van der Waals surface area contributed by atoms with Crippen LogP contribution in [0.3, 0.4) is 0 Å².